The van der Waals surface area contributed by atoms with Gasteiger partial charge in [0.1, 0.15) is 6.61 Å². The number of hydrogen-bond acceptors (Lipinski definition) is 3. The fourth-order valence-electron chi connectivity index (χ4n) is 1.25. The van der Waals surface area contributed by atoms with Gasteiger partial charge in [-0.25, -0.2) is 0 Å². The Labute approximate surface area is 108 Å². The molecule has 0 unspecified atom stereocenters. The lowest BCUT2D eigenvalue weighted by atomic mass is 10.2. The highest BCUT2D eigenvalue weighted by Crippen LogP contribution is 2.22. The summed E-state index contributed by atoms with van der Waals surface area (Å²) in [5.74, 6) is 0. The van der Waals surface area contributed by atoms with Crippen molar-refractivity contribution in [1.82, 2.24) is 0 Å². The van der Waals surface area contributed by atoms with E-state index in [1.54, 1.807) is 18.2 Å². The van der Waals surface area contributed by atoms with E-state index in [0.717, 1.165) is 0 Å². The molecule has 0 saturated heterocycles. The highest BCUT2D eigenvalue weighted by molar-refractivity contribution is 6.33. The van der Waals surface area contributed by atoms with E-state index in [2.05, 4.69) is 10.1 Å². The number of aliphatic hydroxyl groups is 1. The number of rotatable bonds is 6. The molecule has 7 heteroatoms. The van der Waals surface area contributed by atoms with Crippen LogP contribution in [0.25, 0.3) is 0 Å². The van der Waals surface area contributed by atoms with E-state index in [4.69, 9.17) is 16.7 Å². The molecule has 0 aromatic heterocycles. The molecule has 102 valence electrons. The normalized spacial score (nSPS) is 11.6. The van der Waals surface area contributed by atoms with Crippen molar-refractivity contribution in [3.8, 4) is 0 Å². The molecule has 0 fully saturated rings. The first-order valence-electron chi connectivity index (χ1n) is 5.20. The van der Waals surface area contributed by atoms with Gasteiger partial charge in [0.15, 0.2) is 0 Å². The van der Waals surface area contributed by atoms with E-state index >= 15 is 0 Å². The van der Waals surface area contributed by atoms with Gasteiger partial charge < -0.3 is 15.2 Å². The van der Waals surface area contributed by atoms with Gasteiger partial charge in [-0.1, -0.05) is 17.7 Å². The highest BCUT2D eigenvalue weighted by Gasteiger charge is 2.27. The number of nitrogens with one attached hydrogen (secondary N) is 1. The Kier molecular flexibility index (Phi) is 5.71. The number of benzene rings is 1. The summed E-state index contributed by atoms with van der Waals surface area (Å²) in [7, 11) is 0. The smallest absolute Gasteiger partial charge is 0.392 e. The van der Waals surface area contributed by atoms with Gasteiger partial charge >= 0.3 is 6.18 Å². The molecule has 2 N–H and O–H groups in total. The molecule has 0 spiro atoms. The third-order valence-corrected chi connectivity index (χ3v) is 2.37. The lowest BCUT2D eigenvalue weighted by Crippen LogP contribution is -2.20. The third-order valence-electron chi connectivity index (χ3n) is 2.04. The number of hydrogen-bond donors (Lipinski definition) is 2. The van der Waals surface area contributed by atoms with Crippen molar-refractivity contribution in [2.45, 2.75) is 12.8 Å². The predicted octanol–water partition coefficient (Wildman–Crippen LogP) is 2.82. The fourth-order valence-corrected chi connectivity index (χ4v) is 1.44. The van der Waals surface area contributed by atoms with Gasteiger partial charge in [-0.3, -0.25) is 0 Å². The molecule has 0 radical (unpaired) electrons. The Balaban J connectivity index is 2.35. The Morgan fingerprint density at radius 2 is 2.06 bits per heavy atom. The van der Waals surface area contributed by atoms with Crippen LogP contribution < -0.4 is 5.32 Å². The van der Waals surface area contributed by atoms with Crippen LogP contribution in [0, 0.1) is 0 Å². The Morgan fingerprint density at radius 1 is 1.33 bits per heavy atom. The average Bonchev–Trinajstić information content (AvgIpc) is 2.29. The van der Waals surface area contributed by atoms with Gasteiger partial charge in [-0.2, -0.15) is 13.2 Å². The second kappa shape index (κ2) is 6.82. The standard InChI is InChI=1S/C11H13ClF3NO2/c12-9-2-1-8(6-17)5-10(9)16-3-4-18-7-11(13,14)15/h1-2,5,16-17H,3-4,6-7H2. The molecule has 18 heavy (non-hydrogen) atoms. The number of anilines is 1. The maximum Gasteiger partial charge on any atom is 0.411 e. The molecule has 1 aromatic rings. The Hall–Kier alpha value is -0.980. The van der Waals surface area contributed by atoms with Crippen LogP contribution in [-0.4, -0.2) is 31.0 Å². The SMILES string of the molecule is OCc1ccc(Cl)c(NCCOCC(F)(F)F)c1. The molecule has 0 amide bonds. The lowest BCUT2D eigenvalue weighted by molar-refractivity contribution is -0.172. The van der Waals surface area contributed by atoms with Crippen molar-refractivity contribution in [2.24, 2.45) is 0 Å². The van der Waals surface area contributed by atoms with Crippen molar-refractivity contribution >= 4 is 17.3 Å². The number of aliphatic hydroxyl groups excluding tert-OH is 1. The summed E-state index contributed by atoms with van der Waals surface area (Å²) >= 11 is 5.87. The molecule has 0 aliphatic heterocycles. The van der Waals surface area contributed by atoms with Crippen molar-refractivity contribution < 1.29 is 23.0 Å². The maximum absolute atomic E-state index is 11.8. The molecule has 1 aromatic carbocycles. The maximum atomic E-state index is 11.8. The number of halogens is 4. The van der Waals surface area contributed by atoms with E-state index in [0.29, 0.717) is 16.3 Å². The van der Waals surface area contributed by atoms with E-state index < -0.39 is 12.8 Å². The van der Waals surface area contributed by atoms with Crippen molar-refractivity contribution in [3.05, 3.63) is 28.8 Å². The van der Waals surface area contributed by atoms with Crippen molar-refractivity contribution in [3.63, 3.8) is 0 Å². The first-order chi connectivity index (χ1) is 8.42. The van der Waals surface area contributed by atoms with Crippen LogP contribution in [0.15, 0.2) is 18.2 Å². The minimum absolute atomic E-state index is 0.0841. The topological polar surface area (TPSA) is 41.5 Å². The molecule has 0 aliphatic carbocycles. The highest BCUT2D eigenvalue weighted by atomic mass is 35.5. The van der Waals surface area contributed by atoms with Crippen LogP contribution in [0.1, 0.15) is 5.56 Å². The summed E-state index contributed by atoms with van der Waals surface area (Å²) in [6.07, 6.45) is -4.31. The molecule has 0 saturated carbocycles. The van der Waals surface area contributed by atoms with Gasteiger partial charge in [0.2, 0.25) is 0 Å². The van der Waals surface area contributed by atoms with Gasteiger partial charge in [-0.05, 0) is 17.7 Å². The molecule has 1 rings (SSSR count). The monoisotopic (exact) mass is 283 g/mol. The lowest BCUT2D eigenvalue weighted by Gasteiger charge is -2.11. The van der Waals surface area contributed by atoms with Crippen LogP contribution >= 0.6 is 11.6 Å². The summed E-state index contributed by atoms with van der Waals surface area (Å²) in [6.45, 7) is -1.28. The van der Waals surface area contributed by atoms with E-state index in [-0.39, 0.29) is 19.8 Å². The van der Waals surface area contributed by atoms with Crippen LogP contribution in [0.4, 0.5) is 18.9 Å². The zero-order valence-corrected chi connectivity index (χ0v) is 10.2. The summed E-state index contributed by atoms with van der Waals surface area (Å²) in [6, 6.07) is 4.89. The molecular formula is C11H13ClF3NO2. The molecule has 0 heterocycles. The van der Waals surface area contributed by atoms with E-state index in [1.807, 2.05) is 0 Å². The summed E-state index contributed by atoms with van der Waals surface area (Å²) in [4.78, 5) is 0. The zero-order chi connectivity index (χ0) is 13.6. The molecular weight excluding hydrogens is 271 g/mol. The Bertz CT molecular complexity index is 385. The quantitative estimate of drug-likeness (QED) is 0.789. The number of alkyl halides is 3. The minimum atomic E-state index is -4.31. The van der Waals surface area contributed by atoms with Crippen molar-refractivity contribution in [2.75, 3.05) is 25.1 Å². The fraction of sp³-hybridized carbons (Fsp3) is 0.455. The van der Waals surface area contributed by atoms with Gasteiger partial charge in [0, 0.05) is 6.54 Å². The summed E-state index contributed by atoms with van der Waals surface area (Å²) in [5.41, 5.74) is 1.22. The zero-order valence-electron chi connectivity index (χ0n) is 9.43. The predicted molar refractivity (Wildman–Crippen MR) is 62.7 cm³/mol. The first-order valence-corrected chi connectivity index (χ1v) is 5.58. The summed E-state index contributed by atoms with van der Waals surface area (Å²) < 4.78 is 39.8. The third kappa shape index (κ3) is 5.57. The van der Waals surface area contributed by atoms with Crippen molar-refractivity contribution in [1.29, 1.82) is 0 Å². The van der Waals surface area contributed by atoms with Gasteiger partial charge in [-0.15, -0.1) is 0 Å². The summed E-state index contributed by atoms with van der Waals surface area (Å²) in [5, 5.41) is 12.2. The second-order valence-corrected chi connectivity index (χ2v) is 3.97. The van der Waals surface area contributed by atoms with E-state index in [9.17, 15) is 13.2 Å². The van der Waals surface area contributed by atoms with E-state index in [1.165, 1.54) is 0 Å². The minimum Gasteiger partial charge on any atom is -0.392 e. The van der Waals surface area contributed by atoms with Gasteiger partial charge in [0.05, 0.1) is 23.9 Å². The molecule has 0 bridgehead atoms. The molecule has 0 aliphatic rings. The number of ether oxygens (including phenoxy) is 1. The van der Waals surface area contributed by atoms with Crippen LogP contribution in [-0.2, 0) is 11.3 Å². The van der Waals surface area contributed by atoms with Crippen LogP contribution in [0.2, 0.25) is 5.02 Å². The molecule has 3 nitrogen and oxygen atoms in total. The Morgan fingerprint density at radius 3 is 2.67 bits per heavy atom. The van der Waals surface area contributed by atoms with Crippen LogP contribution in [0.5, 0.6) is 0 Å². The van der Waals surface area contributed by atoms with Gasteiger partial charge in [0.25, 0.3) is 0 Å². The first kappa shape index (κ1) is 15.1. The largest absolute Gasteiger partial charge is 0.411 e. The van der Waals surface area contributed by atoms with Crippen LogP contribution in [0.3, 0.4) is 0 Å². The molecule has 0 atom stereocenters. The second-order valence-electron chi connectivity index (χ2n) is 3.57. The average molecular weight is 284 g/mol.